The molecular formula is C16H12N2O. The minimum atomic E-state index is -0.0817. The summed E-state index contributed by atoms with van der Waals surface area (Å²) < 4.78 is 0. The van der Waals surface area contributed by atoms with Gasteiger partial charge in [0.15, 0.2) is 0 Å². The van der Waals surface area contributed by atoms with Gasteiger partial charge in [0.05, 0.1) is 0 Å². The maximum Gasteiger partial charge on any atom is 0.257 e. The monoisotopic (exact) mass is 248 g/mol. The largest absolute Gasteiger partial charge is 0.306 e. The first-order chi connectivity index (χ1) is 9.24. The lowest BCUT2D eigenvalue weighted by Gasteiger charge is -2.07. The molecule has 3 nitrogen and oxygen atoms in total. The molecule has 0 aromatic carbocycles. The lowest BCUT2D eigenvalue weighted by molar-refractivity contribution is -0.112. The van der Waals surface area contributed by atoms with Crippen LogP contribution in [-0.4, -0.2) is 10.9 Å². The van der Waals surface area contributed by atoms with E-state index in [9.17, 15) is 4.79 Å². The molecule has 0 bridgehead atoms. The number of aryl methyl sites for hydroxylation is 1. The number of hydrogen-bond donors (Lipinski definition) is 1. The summed E-state index contributed by atoms with van der Waals surface area (Å²) in [7, 11) is 0. The van der Waals surface area contributed by atoms with E-state index in [4.69, 9.17) is 0 Å². The molecule has 0 atom stereocenters. The fraction of sp³-hybridized carbons (Fsp3) is 0.125. The van der Waals surface area contributed by atoms with Crippen LogP contribution in [0.15, 0.2) is 64.4 Å². The van der Waals surface area contributed by atoms with Gasteiger partial charge >= 0.3 is 0 Å². The first-order valence-electron chi connectivity index (χ1n) is 6.34. The lowest BCUT2D eigenvalue weighted by atomic mass is 10.1. The van der Waals surface area contributed by atoms with Gasteiger partial charge in [0.25, 0.3) is 5.91 Å². The van der Waals surface area contributed by atoms with Crippen molar-refractivity contribution in [1.82, 2.24) is 4.98 Å². The molecule has 0 spiro atoms. The van der Waals surface area contributed by atoms with Gasteiger partial charge in [0.2, 0.25) is 0 Å². The highest BCUT2D eigenvalue weighted by atomic mass is 16.1. The molecule has 1 aromatic heterocycles. The highest BCUT2D eigenvalue weighted by Gasteiger charge is 2.35. The van der Waals surface area contributed by atoms with E-state index in [0.717, 1.165) is 23.1 Å². The Morgan fingerprint density at radius 2 is 2.21 bits per heavy atom. The van der Waals surface area contributed by atoms with Crippen molar-refractivity contribution in [2.45, 2.75) is 13.3 Å². The summed E-state index contributed by atoms with van der Waals surface area (Å²) in [5.41, 5.74) is 6.80. The average molecular weight is 248 g/mol. The molecule has 1 fully saturated rings. The van der Waals surface area contributed by atoms with Crippen LogP contribution in [0.3, 0.4) is 0 Å². The maximum absolute atomic E-state index is 12.3. The molecule has 92 valence electrons. The van der Waals surface area contributed by atoms with Gasteiger partial charge in [-0.2, -0.15) is 0 Å². The van der Waals surface area contributed by atoms with Gasteiger partial charge in [-0.05, 0) is 59.4 Å². The number of allylic oxidation sites excluding steroid dienone is 6. The second kappa shape index (κ2) is 3.54. The maximum atomic E-state index is 12.3. The van der Waals surface area contributed by atoms with Gasteiger partial charge in [-0.3, -0.25) is 4.79 Å². The number of nitrogens with zero attached hydrogens (tertiary/aromatic N) is 1. The van der Waals surface area contributed by atoms with Gasteiger partial charge in [-0.1, -0.05) is 12.1 Å². The number of carbonyl (C=O) groups is 1. The van der Waals surface area contributed by atoms with Gasteiger partial charge in [-0.15, -0.1) is 0 Å². The molecule has 3 aliphatic carbocycles. The molecule has 0 radical (unpaired) electrons. The van der Waals surface area contributed by atoms with Crippen molar-refractivity contribution in [3.63, 3.8) is 0 Å². The van der Waals surface area contributed by atoms with Crippen LogP contribution in [0.25, 0.3) is 0 Å². The number of carbonyl (C=O) groups excluding carboxylic acids is 1. The van der Waals surface area contributed by atoms with Crippen molar-refractivity contribution in [2.24, 2.45) is 0 Å². The molecule has 19 heavy (non-hydrogen) atoms. The van der Waals surface area contributed by atoms with E-state index in [1.807, 2.05) is 31.2 Å². The smallest absolute Gasteiger partial charge is 0.257 e. The molecule has 1 N–H and O–H groups in total. The van der Waals surface area contributed by atoms with E-state index in [0.29, 0.717) is 5.82 Å². The SMILES string of the molecule is Cc1cccnc1NC(=O)C1=C2C=C3CC3=C2C=C1. The van der Waals surface area contributed by atoms with E-state index in [-0.39, 0.29) is 5.91 Å². The third kappa shape index (κ3) is 1.51. The molecule has 3 heteroatoms. The van der Waals surface area contributed by atoms with Crippen LogP contribution in [0.2, 0.25) is 0 Å². The predicted octanol–water partition coefficient (Wildman–Crippen LogP) is 2.84. The van der Waals surface area contributed by atoms with Crippen molar-refractivity contribution in [2.75, 3.05) is 5.32 Å². The number of anilines is 1. The Bertz CT molecular complexity index is 748. The number of nitrogens with one attached hydrogen (secondary N) is 1. The summed E-state index contributed by atoms with van der Waals surface area (Å²) in [5, 5.41) is 2.88. The topological polar surface area (TPSA) is 42.0 Å². The Balaban J connectivity index is 1.65. The zero-order valence-corrected chi connectivity index (χ0v) is 10.5. The summed E-state index contributed by atoms with van der Waals surface area (Å²) in [6.07, 6.45) is 8.85. The second-order valence-corrected chi connectivity index (χ2v) is 5.02. The summed E-state index contributed by atoms with van der Waals surface area (Å²) in [4.78, 5) is 16.5. The molecule has 0 unspecified atom stereocenters. The van der Waals surface area contributed by atoms with E-state index >= 15 is 0 Å². The molecule has 3 aliphatic rings. The van der Waals surface area contributed by atoms with Crippen LogP contribution < -0.4 is 5.32 Å². The summed E-state index contributed by atoms with van der Waals surface area (Å²) in [6.45, 7) is 1.94. The van der Waals surface area contributed by atoms with Crippen molar-refractivity contribution >= 4 is 11.7 Å². The van der Waals surface area contributed by atoms with Crippen LogP contribution in [-0.2, 0) is 4.79 Å². The minimum Gasteiger partial charge on any atom is -0.306 e. The van der Waals surface area contributed by atoms with Crippen molar-refractivity contribution in [3.8, 4) is 0 Å². The Labute approximate surface area is 111 Å². The second-order valence-electron chi connectivity index (χ2n) is 5.02. The third-order valence-electron chi connectivity index (χ3n) is 3.76. The first-order valence-corrected chi connectivity index (χ1v) is 6.34. The van der Waals surface area contributed by atoms with Gasteiger partial charge < -0.3 is 5.32 Å². The predicted molar refractivity (Wildman–Crippen MR) is 73.5 cm³/mol. The van der Waals surface area contributed by atoms with Crippen LogP contribution in [0, 0.1) is 6.92 Å². The summed E-state index contributed by atoms with van der Waals surface area (Å²) in [6, 6.07) is 3.80. The van der Waals surface area contributed by atoms with Gasteiger partial charge in [0.1, 0.15) is 5.82 Å². The summed E-state index contributed by atoms with van der Waals surface area (Å²) in [5.74, 6) is 0.549. The minimum absolute atomic E-state index is 0.0817. The third-order valence-corrected chi connectivity index (χ3v) is 3.76. The number of hydrogen-bond acceptors (Lipinski definition) is 2. The molecule has 0 aliphatic heterocycles. The number of amides is 1. The van der Waals surface area contributed by atoms with E-state index < -0.39 is 0 Å². The van der Waals surface area contributed by atoms with Crippen molar-refractivity contribution in [1.29, 1.82) is 0 Å². The number of rotatable bonds is 2. The molecule has 4 rings (SSSR count). The average Bonchev–Trinajstić information content (AvgIpc) is 2.89. The summed E-state index contributed by atoms with van der Waals surface area (Å²) >= 11 is 0. The molecule has 1 aromatic rings. The molecule has 0 saturated heterocycles. The van der Waals surface area contributed by atoms with E-state index in [1.54, 1.807) is 6.20 Å². The normalized spacial score (nSPS) is 18.5. The van der Waals surface area contributed by atoms with Gasteiger partial charge in [-0.25, -0.2) is 4.98 Å². The fourth-order valence-corrected chi connectivity index (χ4v) is 2.63. The first kappa shape index (κ1) is 10.5. The molecule has 1 saturated carbocycles. The number of aromatic nitrogens is 1. The van der Waals surface area contributed by atoms with Gasteiger partial charge in [0, 0.05) is 11.8 Å². The number of fused-ring (bicyclic) bond motifs is 2. The van der Waals surface area contributed by atoms with Crippen LogP contribution >= 0.6 is 0 Å². The lowest BCUT2D eigenvalue weighted by Crippen LogP contribution is -2.15. The van der Waals surface area contributed by atoms with Crippen molar-refractivity contribution < 1.29 is 4.79 Å². The molecule has 1 amide bonds. The Morgan fingerprint density at radius 3 is 3.05 bits per heavy atom. The quantitative estimate of drug-likeness (QED) is 0.874. The Morgan fingerprint density at radius 1 is 1.32 bits per heavy atom. The highest BCUT2D eigenvalue weighted by molar-refractivity contribution is 6.09. The van der Waals surface area contributed by atoms with Crippen molar-refractivity contribution in [3.05, 3.63) is 70.0 Å². The Kier molecular flexibility index (Phi) is 1.96. The zero-order valence-electron chi connectivity index (χ0n) is 10.5. The van der Waals surface area contributed by atoms with Crippen LogP contribution in [0.5, 0.6) is 0 Å². The number of pyridine rings is 1. The van der Waals surface area contributed by atoms with E-state index in [1.165, 1.54) is 16.7 Å². The standard InChI is InChI=1S/C16H12N2O/c1-9-3-2-6-17-15(9)18-16(19)12-5-4-11-13-7-10(13)8-14(11)12/h2-6,8H,7H2,1H3,(H,17,18,19). The van der Waals surface area contributed by atoms with Crippen LogP contribution in [0.4, 0.5) is 5.82 Å². The molecular weight excluding hydrogens is 236 g/mol. The molecule has 1 heterocycles. The van der Waals surface area contributed by atoms with E-state index in [2.05, 4.69) is 16.4 Å². The Hall–Kier alpha value is -2.42. The van der Waals surface area contributed by atoms with Crippen LogP contribution in [0.1, 0.15) is 12.0 Å². The zero-order chi connectivity index (χ0) is 13.0. The highest BCUT2D eigenvalue weighted by Crippen LogP contribution is 2.51. The fourth-order valence-electron chi connectivity index (χ4n) is 2.63.